The third-order valence-corrected chi connectivity index (χ3v) is 2.34. The zero-order valence-electron chi connectivity index (χ0n) is 4.16. The summed E-state index contributed by atoms with van der Waals surface area (Å²) in [6.45, 7) is 0.869. The van der Waals surface area contributed by atoms with Crippen LogP contribution < -0.4 is 0 Å². The first-order valence-electron chi connectivity index (χ1n) is 2.47. The second kappa shape index (κ2) is 1.31. The molecule has 3 nitrogen and oxygen atoms in total. The van der Waals surface area contributed by atoms with Crippen LogP contribution >= 0.6 is 11.8 Å². The van der Waals surface area contributed by atoms with Crippen molar-refractivity contribution in [2.75, 3.05) is 12.3 Å². The van der Waals surface area contributed by atoms with Crippen molar-refractivity contribution in [2.45, 2.75) is 5.56 Å². The molecule has 4 heteroatoms. The maximum atomic E-state index is 10.4. The molecule has 2 aliphatic rings. The van der Waals surface area contributed by atoms with Crippen molar-refractivity contribution in [3.05, 3.63) is 0 Å². The van der Waals surface area contributed by atoms with Crippen LogP contribution in [0.25, 0.3) is 0 Å². The lowest BCUT2D eigenvalue weighted by molar-refractivity contribution is -0.0327. The Balaban J connectivity index is 2.11. The van der Waals surface area contributed by atoms with E-state index in [1.807, 2.05) is 0 Å². The topological polar surface area (TPSA) is 29.5 Å². The number of carbonyl (C=O) groups is 1. The number of fused-ring (bicyclic) bond motifs is 1. The molecule has 2 saturated heterocycles. The first kappa shape index (κ1) is 4.49. The van der Waals surface area contributed by atoms with Crippen molar-refractivity contribution in [3.8, 4) is 0 Å². The molecule has 1 amide bonds. The monoisotopic (exact) mass is 131 g/mol. The number of carbonyl (C=O) groups excluding carboxylic acids is 1. The highest BCUT2D eigenvalue weighted by atomic mass is 32.2. The highest BCUT2D eigenvalue weighted by Gasteiger charge is 2.42. The molecule has 44 valence electrons. The second-order valence-corrected chi connectivity index (χ2v) is 2.90. The zero-order valence-corrected chi connectivity index (χ0v) is 4.98. The molecule has 0 aromatic carbocycles. The summed E-state index contributed by atoms with van der Waals surface area (Å²) < 4.78 is 4.71. The van der Waals surface area contributed by atoms with Crippen LogP contribution in [0.15, 0.2) is 0 Å². The molecule has 1 atom stereocenters. The minimum absolute atomic E-state index is 0.0718. The van der Waals surface area contributed by atoms with E-state index < -0.39 is 0 Å². The van der Waals surface area contributed by atoms with Crippen LogP contribution in [0.4, 0.5) is 4.79 Å². The Morgan fingerprint density at radius 2 is 2.75 bits per heavy atom. The Kier molecular flexibility index (Phi) is 0.738. The Bertz CT molecular complexity index is 138. The van der Waals surface area contributed by atoms with Gasteiger partial charge in [0.05, 0.1) is 0 Å². The predicted molar refractivity (Wildman–Crippen MR) is 29.4 cm³/mol. The summed E-state index contributed by atoms with van der Waals surface area (Å²) in [7, 11) is 0. The van der Waals surface area contributed by atoms with Gasteiger partial charge >= 0.3 is 6.09 Å². The quantitative estimate of drug-likeness (QED) is 0.478. The van der Waals surface area contributed by atoms with E-state index in [2.05, 4.69) is 0 Å². The van der Waals surface area contributed by atoms with Gasteiger partial charge in [-0.2, -0.15) is 0 Å². The Hall–Kier alpha value is -0.380. The van der Waals surface area contributed by atoms with Gasteiger partial charge in [0.25, 0.3) is 0 Å². The van der Waals surface area contributed by atoms with Crippen molar-refractivity contribution in [3.63, 3.8) is 0 Å². The number of rotatable bonds is 0. The second-order valence-electron chi connectivity index (χ2n) is 1.75. The summed E-state index contributed by atoms with van der Waals surface area (Å²) in [4.78, 5) is 12.1. The lowest BCUT2D eigenvalue weighted by atomic mass is 10.6. The molecule has 0 aromatic heterocycles. The molecule has 2 fully saturated rings. The molecule has 0 bridgehead atoms. The summed E-state index contributed by atoms with van der Waals surface area (Å²) in [5.74, 6) is 1.02. The molecule has 0 radical (unpaired) electrons. The van der Waals surface area contributed by atoms with E-state index in [-0.39, 0.29) is 11.7 Å². The molecule has 2 rings (SSSR count). The number of hydrogen-bond acceptors (Lipinski definition) is 3. The highest BCUT2D eigenvalue weighted by molar-refractivity contribution is 8.00. The molecular formula is C4H5NO2S. The number of hydrogen-bond donors (Lipinski definition) is 0. The van der Waals surface area contributed by atoms with Gasteiger partial charge in [0, 0.05) is 12.3 Å². The van der Waals surface area contributed by atoms with E-state index in [0.29, 0.717) is 0 Å². The van der Waals surface area contributed by atoms with Gasteiger partial charge in [0.1, 0.15) is 0 Å². The first-order valence-corrected chi connectivity index (χ1v) is 3.52. The fourth-order valence-electron chi connectivity index (χ4n) is 0.827. The maximum Gasteiger partial charge on any atom is 0.415 e. The summed E-state index contributed by atoms with van der Waals surface area (Å²) in [5, 5.41) is 0. The summed E-state index contributed by atoms with van der Waals surface area (Å²) >= 11 is 1.68. The zero-order chi connectivity index (χ0) is 5.56. The smallest absolute Gasteiger partial charge is 0.415 e. The van der Waals surface area contributed by atoms with Crippen LogP contribution in [0.2, 0.25) is 0 Å². The van der Waals surface area contributed by atoms with Crippen LogP contribution in [0.1, 0.15) is 0 Å². The van der Waals surface area contributed by atoms with Gasteiger partial charge in [-0.1, -0.05) is 11.8 Å². The highest BCUT2D eigenvalue weighted by Crippen LogP contribution is 2.32. The minimum Gasteiger partial charge on any atom is -0.415 e. The van der Waals surface area contributed by atoms with Crippen LogP contribution in [-0.2, 0) is 4.74 Å². The number of amides is 1. The standard InChI is InChI=1S/C4H5NO2S/c6-3-5-1-2-8-4(5)7-3/h4H,1-2H2/t4-/m0/s1. The molecule has 2 heterocycles. The van der Waals surface area contributed by atoms with Gasteiger partial charge < -0.3 is 4.74 Å². The normalized spacial score (nSPS) is 33.8. The molecule has 2 aliphatic heterocycles. The molecule has 0 unspecified atom stereocenters. The van der Waals surface area contributed by atoms with Crippen LogP contribution in [-0.4, -0.2) is 28.9 Å². The minimum atomic E-state index is -0.153. The van der Waals surface area contributed by atoms with Crippen LogP contribution in [0, 0.1) is 0 Å². The Labute approximate surface area is 51.0 Å². The molecule has 0 saturated carbocycles. The predicted octanol–water partition coefficient (Wildman–Crippen LogP) is 0.469. The number of ether oxygens (including phenoxy) is 1. The fourth-order valence-corrected chi connectivity index (χ4v) is 1.85. The summed E-state index contributed by atoms with van der Waals surface area (Å²) in [6.07, 6.45) is -0.153. The average molecular weight is 131 g/mol. The fraction of sp³-hybridized carbons (Fsp3) is 0.750. The van der Waals surface area contributed by atoms with Crippen molar-refractivity contribution in [1.82, 2.24) is 4.90 Å². The van der Waals surface area contributed by atoms with E-state index in [1.165, 1.54) is 0 Å². The lowest BCUT2D eigenvalue weighted by Gasteiger charge is -2.32. The van der Waals surface area contributed by atoms with E-state index in [4.69, 9.17) is 4.74 Å². The largest absolute Gasteiger partial charge is 0.415 e. The van der Waals surface area contributed by atoms with Gasteiger partial charge in [-0.05, 0) is 0 Å². The number of nitrogens with zero attached hydrogens (tertiary/aromatic N) is 1. The van der Waals surface area contributed by atoms with Crippen LogP contribution in [0.3, 0.4) is 0 Å². The molecule has 0 aliphatic carbocycles. The van der Waals surface area contributed by atoms with Gasteiger partial charge in [-0.3, -0.25) is 4.90 Å². The number of thioether (sulfide) groups is 1. The summed E-state index contributed by atoms with van der Waals surface area (Å²) in [5.41, 5.74) is 0.0718. The molecule has 0 spiro atoms. The third-order valence-electron chi connectivity index (χ3n) is 1.28. The van der Waals surface area contributed by atoms with Crippen molar-refractivity contribution < 1.29 is 9.53 Å². The maximum absolute atomic E-state index is 10.4. The van der Waals surface area contributed by atoms with E-state index in [9.17, 15) is 4.79 Å². The van der Waals surface area contributed by atoms with Gasteiger partial charge in [0.2, 0.25) is 5.56 Å². The molecule has 8 heavy (non-hydrogen) atoms. The third kappa shape index (κ3) is 0.386. The first-order chi connectivity index (χ1) is 3.88. The van der Waals surface area contributed by atoms with Gasteiger partial charge in [-0.25, -0.2) is 4.79 Å². The van der Waals surface area contributed by atoms with Gasteiger partial charge in [-0.15, -0.1) is 0 Å². The van der Waals surface area contributed by atoms with Gasteiger partial charge in [0.15, 0.2) is 0 Å². The lowest BCUT2D eigenvalue weighted by Crippen LogP contribution is -2.48. The van der Waals surface area contributed by atoms with E-state index in [0.717, 1.165) is 12.3 Å². The summed E-state index contributed by atoms with van der Waals surface area (Å²) in [6, 6.07) is 0. The van der Waals surface area contributed by atoms with Crippen molar-refractivity contribution >= 4 is 17.9 Å². The average Bonchev–Trinajstić information content (AvgIpc) is 2.09. The molecule has 0 aromatic rings. The SMILES string of the molecule is O=C1O[C@H]2SCCN12. The van der Waals surface area contributed by atoms with E-state index in [1.54, 1.807) is 16.7 Å². The van der Waals surface area contributed by atoms with Crippen molar-refractivity contribution in [1.29, 1.82) is 0 Å². The van der Waals surface area contributed by atoms with E-state index >= 15 is 0 Å². The van der Waals surface area contributed by atoms with Crippen LogP contribution in [0.5, 0.6) is 0 Å². The Morgan fingerprint density at radius 3 is 3.25 bits per heavy atom. The Morgan fingerprint density at radius 1 is 1.88 bits per heavy atom. The van der Waals surface area contributed by atoms with Crippen molar-refractivity contribution in [2.24, 2.45) is 0 Å². The molecule has 0 N–H and O–H groups in total. The molecular weight excluding hydrogens is 126 g/mol.